The quantitative estimate of drug-likeness (QED) is 0.309. The Bertz CT molecular complexity index is 1720. The smallest absolute Gasteiger partial charge is 0.266 e. The summed E-state index contributed by atoms with van der Waals surface area (Å²) in [4.78, 5) is 48.4. The van der Waals surface area contributed by atoms with E-state index < -0.39 is 11.8 Å². The summed E-state index contributed by atoms with van der Waals surface area (Å²) in [6.07, 6.45) is 0. The number of rotatable bonds is 4. The number of imidazole rings is 1. The number of carbonyl (C=O) groups excluding carboxylic acids is 3. The maximum atomic E-state index is 13.2. The van der Waals surface area contributed by atoms with Crippen molar-refractivity contribution >= 4 is 40.1 Å². The van der Waals surface area contributed by atoms with Crippen molar-refractivity contribution in [1.29, 1.82) is 0 Å². The maximum Gasteiger partial charge on any atom is 0.266 e. The monoisotopic (exact) mass is 486 g/mol. The number of hydrogen-bond donors (Lipinski definition) is 2. The number of anilines is 2. The first-order valence-electron chi connectivity index (χ1n) is 11.9. The molecule has 0 radical (unpaired) electrons. The molecular formula is C30H22N4O3. The van der Waals surface area contributed by atoms with Gasteiger partial charge in [-0.25, -0.2) is 9.88 Å². The highest BCUT2D eigenvalue weighted by molar-refractivity contribution is 6.35. The summed E-state index contributed by atoms with van der Waals surface area (Å²) in [5.41, 5.74) is 6.41. The van der Waals surface area contributed by atoms with Crippen LogP contribution in [0.15, 0.2) is 84.9 Å². The Morgan fingerprint density at radius 1 is 0.838 bits per heavy atom. The van der Waals surface area contributed by atoms with Gasteiger partial charge in [-0.2, -0.15) is 0 Å². The predicted molar refractivity (Wildman–Crippen MR) is 143 cm³/mol. The lowest BCUT2D eigenvalue weighted by molar-refractivity contribution is 0.0925. The van der Waals surface area contributed by atoms with Crippen LogP contribution in [0.2, 0.25) is 0 Å². The van der Waals surface area contributed by atoms with E-state index in [4.69, 9.17) is 0 Å². The SMILES string of the molecule is Cc1ccc(N2C(=O)c3ccc(C(=O)Nc4cccc(-c5nc6ccccc6[nH]5)c4)cc3C2=O)c(C)c1. The van der Waals surface area contributed by atoms with Gasteiger partial charge in [0.05, 0.1) is 27.8 Å². The molecule has 1 aliphatic rings. The first kappa shape index (κ1) is 22.4. The second-order valence-electron chi connectivity index (χ2n) is 9.13. The van der Waals surface area contributed by atoms with Crippen molar-refractivity contribution in [2.75, 3.05) is 10.2 Å². The molecule has 2 heterocycles. The molecule has 5 aromatic rings. The van der Waals surface area contributed by atoms with Crippen LogP contribution in [-0.2, 0) is 0 Å². The molecule has 0 saturated carbocycles. The maximum absolute atomic E-state index is 13.2. The zero-order valence-electron chi connectivity index (χ0n) is 20.2. The van der Waals surface area contributed by atoms with Gasteiger partial charge in [0.25, 0.3) is 17.7 Å². The lowest BCUT2D eigenvalue weighted by atomic mass is 10.1. The third-order valence-electron chi connectivity index (χ3n) is 6.53. The Morgan fingerprint density at radius 3 is 2.46 bits per heavy atom. The Labute approximate surface area is 212 Å². The van der Waals surface area contributed by atoms with Crippen molar-refractivity contribution in [3.05, 3.63) is 113 Å². The van der Waals surface area contributed by atoms with Crippen molar-refractivity contribution in [2.45, 2.75) is 13.8 Å². The van der Waals surface area contributed by atoms with Gasteiger partial charge in [0.1, 0.15) is 5.82 Å². The molecule has 0 aliphatic carbocycles. The van der Waals surface area contributed by atoms with Gasteiger partial charge in [0, 0.05) is 16.8 Å². The summed E-state index contributed by atoms with van der Waals surface area (Å²) in [6.45, 7) is 3.82. The summed E-state index contributed by atoms with van der Waals surface area (Å²) in [5, 5.41) is 2.89. The fourth-order valence-electron chi connectivity index (χ4n) is 4.69. The number of benzene rings is 4. The molecule has 1 aliphatic heterocycles. The highest BCUT2D eigenvalue weighted by Gasteiger charge is 2.37. The normalized spacial score (nSPS) is 12.8. The lowest BCUT2D eigenvalue weighted by Gasteiger charge is -2.16. The lowest BCUT2D eigenvalue weighted by Crippen LogP contribution is -2.30. The van der Waals surface area contributed by atoms with Gasteiger partial charge in [-0.3, -0.25) is 14.4 Å². The highest BCUT2D eigenvalue weighted by Crippen LogP contribution is 2.32. The van der Waals surface area contributed by atoms with Crippen molar-refractivity contribution in [3.63, 3.8) is 0 Å². The molecule has 7 heteroatoms. The van der Waals surface area contributed by atoms with E-state index in [2.05, 4.69) is 15.3 Å². The van der Waals surface area contributed by atoms with E-state index in [0.29, 0.717) is 17.2 Å². The van der Waals surface area contributed by atoms with Crippen LogP contribution in [0.1, 0.15) is 42.2 Å². The minimum Gasteiger partial charge on any atom is -0.338 e. The topological polar surface area (TPSA) is 95.2 Å². The van der Waals surface area contributed by atoms with Crippen LogP contribution in [0, 0.1) is 13.8 Å². The fraction of sp³-hybridized carbons (Fsp3) is 0.0667. The molecule has 0 unspecified atom stereocenters. The third kappa shape index (κ3) is 3.87. The average Bonchev–Trinajstić information content (AvgIpc) is 3.43. The summed E-state index contributed by atoms with van der Waals surface area (Å²) in [5.74, 6) is -0.508. The summed E-state index contributed by atoms with van der Waals surface area (Å²) < 4.78 is 0. The fourth-order valence-corrected chi connectivity index (χ4v) is 4.69. The van der Waals surface area contributed by atoms with Crippen LogP contribution in [0.5, 0.6) is 0 Å². The van der Waals surface area contributed by atoms with Crippen molar-refractivity contribution in [1.82, 2.24) is 9.97 Å². The van der Waals surface area contributed by atoms with E-state index in [1.807, 2.05) is 68.4 Å². The second kappa shape index (κ2) is 8.57. The average molecular weight is 487 g/mol. The number of imide groups is 1. The highest BCUT2D eigenvalue weighted by atomic mass is 16.2. The van der Waals surface area contributed by atoms with Crippen LogP contribution in [-0.4, -0.2) is 27.7 Å². The molecule has 0 saturated heterocycles. The van der Waals surface area contributed by atoms with Gasteiger partial charge < -0.3 is 10.3 Å². The number of fused-ring (bicyclic) bond motifs is 2. The van der Waals surface area contributed by atoms with E-state index in [1.54, 1.807) is 24.3 Å². The molecule has 4 aromatic carbocycles. The van der Waals surface area contributed by atoms with Crippen molar-refractivity contribution in [3.8, 4) is 11.4 Å². The Balaban J connectivity index is 1.26. The van der Waals surface area contributed by atoms with Gasteiger partial charge in [-0.05, 0) is 67.9 Å². The number of nitrogens with zero attached hydrogens (tertiary/aromatic N) is 2. The molecule has 37 heavy (non-hydrogen) atoms. The van der Waals surface area contributed by atoms with E-state index in [0.717, 1.165) is 27.7 Å². The molecule has 0 atom stereocenters. The molecule has 0 spiro atoms. The van der Waals surface area contributed by atoms with Crippen LogP contribution in [0.25, 0.3) is 22.4 Å². The van der Waals surface area contributed by atoms with E-state index >= 15 is 0 Å². The number of para-hydroxylation sites is 2. The molecule has 0 fully saturated rings. The number of hydrogen-bond acceptors (Lipinski definition) is 4. The van der Waals surface area contributed by atoms with Crippen LogP contribution >= 0.6 is 0 Å². The number of aryl methyl sites for hydroxylation is 2. The van der Waals surface area contributed by atoms with Gasteiger partial charge in [-0.15, -0.1) is 0 Å². The number of amides is 3. The van der Waals surface area contributed by atoms with Crippen molar-refractivity contribution in [2.24, 2.45) is 0 Å². The Kier molecular flexibility index (Phi) is 5.19. The first-order chi connectivity index (χ1) is 17.9. The van der Waals surface area contributed by atoms with Gasteiger partial charge in [0.15, 0.2) is 0 Å². The predicted octanol–water partition coefficient (Wildman–Crippen LogP) is 5.90. The molecule has 7 nitrogen and oxygen atoms in total. The standard InChI is InChI=1S/C30H22N4O3/c1-17-10-13-26(18(2)14-17)34-29(36)22-12-11-20(16-23(22)30(34)37)28(35)31-21-7-5-6-19(15-21)27-32-24-8-3-4-9-25(24)33-27/h3-16H,1-2H3,(H,31,35)(H,32,33). The molecule has 0 bridgehead atoms. The Morgan fingerprint density at radius 2 is 1.65 bits per heavy atom. The molecule has 3 amide bonds. The zero-order valence-corrected chi connectivity index (χ0v) is 20.2. The largest absolute Gasteiger partial charge is 0.338 e. The van der Waals surface area contributed by atoms with Crippen molar-refractivity contribution < 1.29 is 14.4 Å². The second-order valence-corrected chi connectivity index (χ2v) is 9.13. The number of aromatic nitrogens is 2. The number of carbonyl (C=O) groups is 3. The molecule has 1 aromatic heterocycles. The number of aromatic amines is 1. The van der Waals surface area contributed by atoms with E-state index in [9.17, 15) is 14.4 Å². The van der Waals surface area contributed by atoms with Crippen LogP contribution in [0.4, 0.5) is 11.4 Å². The summed E-state index contributed by atoms with van der Waals surface area (Å²) in [7, 11) is 0. The molecule has 6 rings (SSSR count). The van der Waals surface area contributed by atoms with E-state index in [1.165, 1.54) is 11.0 Å². The number of H-pyrrole nitrogens is 1. The number of nitrogens with one attached hydrogen (secondary N) is 2. The molecule has 180 valence electrons. The van der Waals surface area contributed by atoms with Gasteiger partial charge in [0.2, 0.25) is 0 Å². The first-order valence-corrected chi connectivity index (χ1v) is 11.9. The Hall–Kier alpha value is -5.04. The summed E-state index contributed by atoms with van der Waals surface area (Å²) >= 11 is 0. The van der Waals surface area contributed by atoms with Gasteiger partial charge in [-0.1, -0.05) is 42.0 Å². The third-order valence-corrected chi connectivity index (χ3v) is 6.53. The summed E-state index contributed by atoms with van der Waals surface area (Å²) in [6, 6.07) is 25.3. The van der Waals surface area contributed by atoms with Crippen LogP contribution < -0.4 is 10.2 Å². The minimum atomic E-state index is -0.437. The van der Waals surface area contributed by atoms with Gasteiger partial charge >= 0.3 is 0 Å². The minimum absolute atomic E-state index is 0.216. The molecular weight excluding hydrogens is 464 g/mol. The molecule has 2 N–H and O–H groups in total. The van der Waals surface area contributed by atoms with Crippen LogP contribution in [0.3, 0.4) is 0 Å². The zero-order chi connectivity index (χ0) is 25.7. The van der Waals surface area contributed by atoms with E-state index in [-0.39, 0.29) is 22.6 Å².